The average Bonchev–Trinajstić information content (AvgIpc) is 2.68. The highest BCUT2D eigenvalue weighted by Crippen LogP contribution is 2.30. The Bertz CT molecular complexity index is 547. The fraction of sp³-hybridized carbons (Fsp3) is 0.375. The maximum absolute atomic E-state index is 3.62. The molecule has 0 spiro atoms. The molecule has 1 nitrogen and oxygen atoms in total. The minimum absolute atomic E-state index is 0.415. The quantitative estimate of drug-likeness (QED) is 0.807. The Morgan fingerprint density at radius 3 is 2.63 bits per heavy atom. The first kappa shape index (κ1) is 14.8. The monoisotopic (exact) mass is 337 g/mol. The van der Waals surface area contributed by atoms with Gasteiger partial charge < -0.3 is 5.32 Å². The highest BCUT2D eigenvalue weighted by Gasteiger charge is 2.16. The van der Waals surface area contributed by atoms with Crippen LogP contribution in [0.4, 0.5) is 0 Å². The zero-order chi connectivity index (χ0) is 13.8. The lowest BCUT2D eigenvalue weighted by molar-refractivity contribution is 0.556. The second kappa shape index (κ2) is 6.69. The Hall–Kier alpha value is -0.640. The van der Waals surface area contributed by atoms with Gasteiger partial charge in [0.05, 0.1) is 0 Å². The molecule has 0 aliphatic heterocycles. The summed E-state index contributed by atoms with van der Waals surface area (Å²) in [6.45, 7) is 7.56. The summed E-state index contributed by atoms with van der Waals surface area (Å²) in [5.41, 5.74) is 2.77. The molecule has 0 aliphatic carbocycles. The van der Waals surface area contributed by atoms with Crippen LogP contribution < -0.4 is 5.32 Å². The summed E-state index contributed by atoms with van der Waals surface area (Å²) >= 11 is 5.46. The molecule has 1 atom stereocenters. The van der Waals surface area contributed by atoms with Gasteiger partial charge in [-0.05, 0) is 56.1 Å². The van der Waals surface area contributed by atoms with Crippen LogP contribution in [0.5, 0.6) is 0 Å². The molecule has 1 unspecified atom stereocenters. The van der Waals surface area contributed by atoms with E-state index in [1.165, 1.54) is 20.9 Å². The van der Waals surface area contributed by atoms with E-state index in [4.69, 9.17) is 0 Å². The molecule has 2 rings (SSSR count). The zero-order valence-corrected chi connectivity index (χ0v) is 14.1. The highest BCUT2D eigenvalue weighted by molar-refractivity contribution is 9.10. The van der Waals surface area contributed by atoms with E-state index in [2.05, 4.69) is 72.3 Å². The molecule has 0 aliphatic rings. The molecule has 0 saturated carbocycles. The molecule has 0 fully saturated rings. The minimum atomic E-state index is 0.415. The van der Waals surface area contributed by atoms with Crippen molar-refractivity contribution in [3.63, 3.8) is 0 Å². The predicted octanol–water partition coefficient (Wildman–Crippen LogP) is 5.02. The van der Waals surface area contributed by atoms with Crippen LogP contribution in [0.2, 0.25) is 0 Å². The van der Waals surface area contributed by atoms with Crippen LogP contribution >= 0.6 is 27.3 Å². The lowest BCUT2D eigenvalue weighted by Gasteiger charge is -2.18. The third-order valence-electron chi connectivity index (χ3n) is 3.18. The lowest BCUT2D eigenvalue weighted by atomic mass is 10.0. The molecule has 0 amide bonds. The Labute approximate surface area is 128 Å². The van der Waals surface area contributed by atoms with E-state index >= 15 is 0 Å². The third-order valence-corrected chi connectivity index (χ3v) is 4.93. The van der Waals surface area contributed by atoms with Gasteiger partial charge in [0.1, 0.15) is 0 Å². The van der Waals surface area contributed by atoms with Gasteiger partial charge >= 0.3 is 0 Å². The van der Waals surface area contributed by atoms with Crippen LogP contribution in [0.25, 0.3) is 0 Å². The third kappa shape index (κ3) is 3.91. The van der Waals surface area contributed by atoms with Crippen LogP contribution in [-0.2, 0) is 6.42 Å². The average molecular weight is 338 g/mol. The minimum Gasteiger partial charge on any atom is -0.309 e. The van der Waals surface area contributed by atoms with E-state index in [0.29, 0.717) is 6.04 Å². The number of hydrogen-bond acceptors (Lipinski definition) is 2. The van der Waals surface area contributed by atoms with Crippen molar-refractivity contribution in [1.82, 2.24) is 5.32 Å². The second-order valence-corrected chi connectivity index (χ2v) is 7.05. The van der Waals surface area contributed by atoms with E-state index in [9.17, 15) is 0 Å². The highest BCUT2D eigenvalue weighted by atomic mass is 79.9. The van der Waals surface area contributed by atoms with Crippen molar-refractivity contribution in [2.75, 3.05) is 6.54 Å². The number of benzene rings is 1. The number of rotatable bonds is 5. The summed E-state index contributed by atoms with van der Waals surface area (Å²) < 4.78 is 1.15. The summed E-state index contributed by atoms with van der Waals surface area (Å²) in [5, 5.41) is 3.62. The van der Waals surface area contributed by atoms with Crippen molar-refractivity contribution in [2.45, 2.75) is 33.2 Å². The molecule has 0 saturated heterocycles. The zero-order valence-electron chi connectivity index (χ0n) is 11.7. The number of thiophene rings is 1. The maximum Gasteiger partial charge on any atom is 0.0458 e. The molecule has 2 aromatic rings. The smallest absolute Gasteiger partial charge is 0.0458 e. The summed E-state index contributed by atoms with van der Waals surface area (Å²) in [4.78, 5) is 2.86. The van der Waals surface area contributed by atoms with Crippen LogP contribution in [0.15, 0.2) is 34.8 Å². The van der Waals surface area contributed by atoms with Gasteiger partial charge in [-0.1, -0.05) is 35.0 Å². The molecular formula is C16H20BrNS. The van der Waals surface area contributed by atoms with Crippen LogP contribution in [0, 0.1) is 13.8 Å². The number of hydrogen-bond donors (Lipinski definition) is 1. The van der Waals surface area contributed by atoms with Crippen molar-refractivity contribution in [3.05, 3.63) is 55.7 Å². The molecule has 1 N–H and O–H groups in total. The Morgan fingerprint density at radius 2 is 2.05 bits per heavy atom. The molecule has 0 bridgehead atoms. The van der Waals surface area contributed by atoms with Crippen LogP contribution in [0.3, 0.4) is 0 Å². The van der Waals surface area contributed by atoms with Gasteiger partial charge in [-0.25, -0.2) is 0 Å². The molecule has 102 valence electrons. The van der Waals surface area contributed by atoms with E-state index in [-0.39, 0.29) is 0 Å². The van der Waals surface area contributed by atoms with Gasteiger partial charge in [0.2, 0.25) is 0 Å². The number of likely N-dealkylation sites (N-methyl/N-ethyl adjacent to an activating group) is 1. The predicted molar refractivity (Wildman–Crippen MR) is 88.1 cm³/mol. The van der Waals surface area contributed by atoms with Gasteiger partial charge in [-0.3, -0.25) is 0 Å². The largest absolute Gasteiger partial charge is 0.309 e. The first-order valence-electron chi connectivity index (χ1n) is 6.65. The van der Waals surface area contributed by atoms with Crippen molar-refractivity contribution >= 4 is 27.3 Å². The van der Waals surface area contributed by atoms with E-state index < -0.39 is 0 Å². The molecule has 19 heavy (non-hydrogen) atoms. The Balaban J connectivity index is 2.23. The Kier molecular flexibility index (Phi) is 5.20. The van der Waals surface area contributed by atoms with Gasteiger partial charge in [-0.2, -0.15) is 0 Å². The molecule has 1 aromatic heterocycles. The van der Waals surface area contributed by atoms with Gasteiger partial charge in [0, 0.05) is 20.3 Å². The molecular weight excluding hydrogens is 318 g/mol. The first-order valence-corrected chi connectivity index (χ1v) is 8.26. The standard InChI is InChI=1S/C16H20BrNS/c1-4-18-15(16-11(2)8-12(3)19-16)10-13-6-5-7-14(17)9-13/h5-9,15,18H,4,10H2,1-3H3. The fourth-order valence-electron chi connectivity index (χ4n) is 2.41. The maximum atomic E-state index is 3.62. The second-order valence-electron chi connectivity index (χ2n) is 4.85. The Morgan fingerprint density at radius 1 is 1.26 bits per heavy atom. The van der Waals surface area contributed by atoms with Gasteiger partial charge in [-0.15, -0.1) is 11.3 Å². The fourth-order valence-corrected chi connectivity index (χ4v) is 3.97. The molecule has 0 radical (unpaired) electrons. The van der Waals surface area contributed by atoms with E-state index in [0.717, 1.165) is 17.4 Å². The SMILES string of the molecule is CCNC(Cc1cccc(Br)c1)c1sc(C)cc1C. The summed E-state index contributed by atoms with van der Waals surface area (Å²) in [5.74, 6) is 0. The topological polar surface area (TPSA) is 12.0 Å². The van der Waals surface area contributed by atoms with Gasteiger partial charge in [0.15, 0.2) is 0 Å². The first-order chi connectivity index (χ1) is 9.10. The van der Waals surface area contributed by atoms with Crippen LogP contribution in [-0.4, -0.2) is 6.54 Å². The summed E-state index contributed by atoms with van der Waals surface area (Å²) in [6.07, 6.45) is 1.04. The van der Waals surface area contributed by atoms with Crippen molar-refractivity contribution in [1.29, 1.82) is 0 Å². The molecule has 1 aromatic carbocycles. The molecule has 1 heterocycles. The summed E-state index contributed by atoms with van der Waals surface area (Å²) in [7, 11) is 0. The van der Waals surface area contributed by atoms with Crippen molar-refractivity contribution < 1.29 is 0 Å². The number of nitrogens with one attached hydrogen (secondary N) is 1. The van der Waals surface area contributed by atoms with Crippen molar-refractivity contribution in [2.24, 2.45) is 0 Å². The molecule has 3 heteroatoms. The number of aryl methyl sites for hydroxylation is 2. The van der Waals surface area contributed by atoms with Crippen molar-refractivity contribution in [3.8, 4) is 0 Å². The van der Waals surface area contributed by atoms with E-state index in [1.807, 2.05) is 11.3 Å². The number of halogens is 1. The van der Waals surface area contributed by atoms with Crippen LogP contribution in [0.1, 0.15) is 33.8 Å². The van der Waals surface area contributed by atoms with E-state index in [1.54, 1.807) is 0 Å². The van der Waals surface area contributed by atoms with Gasteiger partial charge in [0.25, 0.3) is 0 Å². The lowest BCUT2D eigenvalue weighted by Crippen LogP contribution is -2.22. The summed E-state index contributed by atoms with van der Waals surface area (Å²) in [6, 6.07) is 11.3. The normalized spacial score (nSPS) is 12.6.